The van der Waals surface area contributed by atoms with Gasteiger partial charge < -0.3 is 15.8 Å². The van der Waals surface area contributed by atoms with E-state index in [1.807, 2.05) is 12.1 Å². The maximum absolute atomic E-state index is 12.9. The van der Waals surface area contributed by atoms with Gasteiger partial charge in [0.1, 0.15) is 6.04 Å². The number of carbonyl (C=O) groups is 3. The number of nitrogens with two attached hydrogens (primary N) is 1. The molecule has 9 heteroatoms. The first-order valence-electron chi connectivity index (χ1n) is 10.5. The van der Waals surface area contributed by atoms with Crippen molar-refractivity contribution in [3.8, 4) is 0 Å². The molecule has 0 fully saturated rings. The fraction of sp³-hybridized carbons (Fsp3) is 0.375. The number of rotatable bonds is 9. The van der Waals surface area contributed by atoms with E-state index in [2.05, 4.69) is 26.1 Å². The highest BCUT2D eigenvalue weighted by Gasteiger charge is 2.32. The Hall–Kier alpha value is -3.75. The molecule has 0 spiro atoms. The topological polar surface area (TPSA) is 142 Å². The number of hydrogen-bond donors (Lipinski definition) is 2. The van der Waals surface area contributed by atoms with Crippen LogP contribution in [0.1, 0.15) is 61.5 Å². The lowest BCUT2D eigenvalue weighted by atomic mass is 9.86. The maximum Gasteiger partial charge on any atom is 0.306 e. The number of carbonyl (C=O) groups excluding carboxylic acids is 3. The summed E-state index contributed by atoms with van der Waals surface area (Å²) < 4.78 is 5.01. The van der Waals surface area contributed by atoms with E-state index in [4.69, 9.17) is 10.5 Å². The summed E-state index contributed by atoms with van der Waals surface area (Å²) in [6.45, 7) is 7.94. The normalized spacial score (nSPS) is 13.0. The summed E-state index contributed by atoms with van der Waals surface area (Å²) in [5.41, 5.74) is 7.15. The van der Waals surface area contributed by atoms with Gasteiger partial charge in [-0.2, -0.15) is 0 Å². The van der Waals surface area contributed by atoms with Gasteiger partial charge in [0.15, 0.2) is 0 Å². The van der Waals surface area contributed by atoms with Gasteiger partial charge in [-0.05, 0) is 35.6 Å². The molecule has 2 atom stereocenters. The second kappa shape index (κ2) is 10.7. The van der Waals surface area contributed by atoms with E-state index in [1.54, 1.807) is 19.1 Å². The van der Waals surface area contributed by atoms with E-state index in [-0.39, 0.29) is 24.1 Å². The maximum atomic E-state index is 12.9. The molecule has 0 bridgehead atoms. The number of non-ortho nitro benzene ring substituents is 1. The minimum atomic E-state index is -1.24. The summed E-state index contributed by atoms with van der Waals surface area (Å²) in [4.78, 5) is 47.9. The van der Waals surface area contributed by atoms with Crippen LogP contribution in [0.15, 0.2) is 48.5 Å². The van der Waals surface area contributed by atoms with Crippen molar-refractivity contribution in [1.82, 2.24) is 5.32 Å². The number of amides is 2. The Labute approximate surface area is 192 Å². The molecule has 0 aliphatic rings. The smallest absolute Gasteiger partial charge is 0.306 e. The zero-order valence-electron chi connectivity index (χ0n) is 19.2. The molecule has 0 aliphatic heterocycles. The zero-order valence-corrected chi connectivity index (χ0v) is 19.2. The summed E-state index contributed by atoms with van der Waals surface area (Å²) in [7, 11) is 0. The van der Waals surface area contributed by atoms with E-state index < -0.39 is 34.7 Å². The second-order valence-electron chi connectivity index (χ2n) is 8.65. The molecule has 0 saturated heterocycles. The Kier molecular flexibility index (Phi) is 8.28. The molecular weight excluding hydrogens is 426 g/mol. The first-order chi connectivity index (χ1) is 15.4. The van der Waals surface area contributed by atoms with Crippen LogP contribution < -0.4 is 11.1 Å². The Morgan fingerprint density at radius 1 is 1.06 bits per heavy atom. The fourth-order valence-electron chi connectivity index (χ4n) is 3.39. The molecule has 0 aliphatic carbocycles. The largest absolute Gasteiger partial charge is 0.466 e. The Balaban J connectivity index is 2.35. The van der Waals surface area contributed by atoms with Gasteiger partial charge in [0.25, 0.3) is 11.6 Å². The molecule has 176 valence electrons. The molecule has 33 heavy (non-hydrogen) atoms. The highest BCUT2D eigenvalue weighted by atomic mass is 16.6. The summed E-state index contributed by atoms with van der Waals surface area (Å²) in [5.74, 6) is -2.84. The highest BCUT2D eigenvalue weighted by Crippen LogP contribution is 2.27. The van der Waals surface area contributed by atoms with Gasteiger partial charge in [-0.1, -0.05) is 45.0 Å². The van der Waals surface area contributed by atoms with Crippen molar-refractivity contribution in [2.75, 3.05) is 6.61 Å². The number of nitrogens with one attached hydrogen (secondary N) is 1. The zero-order chi connectivity index (χ0) is 24.8. The third-order valence-corrected chi connectivity index (χ3v) is 5.23. The van der Waals surface area contributed by atoms with Gasteiger partial charge in [0, 0.05) is 23.6 Å². The van der Waals surface area contributed by atoms with Gasteiger partial charge >= 0.3 is 5.97 Å². The van der Waals surface area contributed by atoms with Crippen molar-refractivity contribution in [3.63, 3.8) is 0 Å². The summed E-state index contributed by atoms with van der Waals surface area (Å²) in [5, 5.41) is 13.6. The number of nitro groups is 1. The van der Waals surface area contributed by atoms with Crippen LogP contribution in [0.4, 0.5) is 5.69 Å². The molecule has 0 aromatic heterocycles. The van der Waals surface area contributed by atoms with Gasteiger partial charge in [-0.25, -0.2) is 0 Å². The number of benzene rings is 2. The third-order valence-electron chi connectivity index (χ3n) is 5.23. The van der Waals surface area contributed by atoms with Crippen LogP contribution in [0.2, 0.25) is 0 Å². The van der Waals surface area contributed by atoms with Crippen LogP contribution in [0.25, 0.3) is 0 Å². The number of hydrogen-bond acceptors (Lipinski definition) is 6. The van der Waals surface area contributed by atoms with Gasteiger partial charge in [-0.15, -0.1) is 0 Å². The Bertz CT molecular complexity index is 1010. The minimum absolute atomic E-state index is 0.0918. The molecule has 0 heterocycles. The average molecular weight is 456 g/mol. The molecule has 2 amide bonds. The van der Waals surface area contributed by atoms with Crippen LogP contribution in [0.5, 0.6) is 0 Å². The number of nitrogens with zero attached hydrogens (tertiary/aromatic N) is 1. The first-order valence-corrected chi connectivity index (χ1v) is 10.5. The monoisotopic (exact) mass is 455 g/mol. The van der Waals surface area contributed by atoms with Crippen molar-refractivity contribution in [2.24, 2.45) is 5.73 Å². The molecule has 2 aromatic carbocycles. The average Bonchev–Trinajstić information content (AvgIpc) is 2.75. The van der Waals surface area contributed by atoms with Gasteiger partial charge in [-0.3, -0.25) is 24.5 Å². The van der Waals surface area contributed by atoms with Crippen molar-refractivity contribution >= 4 is 23.5 Å². The SMILES string of the molecule is CCOC(=O)C[C@@H](c1ccc([N+](=O)[O-])cc1)[C@H](NC(=O)c1ccc(C(C)(C)C)cc1)C(N)=O. The number of nitro benzene ring substituents is 1. The Morgan fingerprint density at radius 2 is 1.64 bits per heavy atom. The number of primary amides is 1. The van der Waals surface area contributed by atoms with Crippen LogP contribution in [0.3, 0.4) is 0 Å². The third kappa shape index (κ3) is 6.86. The molecule has 3 N–H and O–H groups in total. The molecular formula is C24H29N3O6. The second-order valence-corrected chi connectivity index (χ2v) is 8.65. The summed E-state index contributed by atoms with van der Waals surface area (Å²) in [6, 6.07) is 11.1. The fourth-order valence-corrected chi connectivity index (χ4v) is 3.39. The lowest BCUT2D eigenvalue weighted by Gasteiger charge is -2.26. The molecule has 2 aromatic rings. The standard InChI is InChI=1S/C24H29N3O6/c1-5-33-20(28)14-19(15-8-12-18(13-9-15)27(31)32)21(22(25)29)26-23(30)16-6-10-17(11-7-16)24(2,3)4/h6-13,19,21H,5,14H2,1-4H3,(H2,25,29)(H,26,30)/t19-,21-/m0/s1. The van der Waals surface area contributed by atoms with Gasteiger partial charge in [0.2, 0.25) is 5.91 Å². The van der Waals surface area contributed by atoms with Crippen LogP contribution in [0, 0.1) is 10.1 Å². The summed E-state index contributed by atoms with van der Waals surface area (Å²) in [6.07, 6.45) is -0.248. The lowest BCUT2D eigenvalue weighted by molar-refractivity contribution is -0.384. The van der Waals surface area contributed by atoms with E-state index in [0.717, 1.165) is 5.56 Å². The van der Waals surface area contributed by atoms with Crippen molar-refractivity contribution in [1.29, 1.82) is 0 Å². The lowest BCUT2D eigenvalue weighted by Crippen LogP contribution is -2.48. The summed E-state index contributed by atoms with van der Waals surface area (Å²) >= 11 is 0. The first kappa shape index (κ1) is 25.5. The molecule has 0 saturated carbocycles. The predicted octanol–water partition coefficient (Wildman–Crippen LogP) is 3.21. The molecule has 9 nitrogen and oxygen atoms in total. The van der Waals surface area contributed by atoms with Crippen LogP contribution >= 0.6 is 0 Å². The van der Waals surface area contributed by atoms with Crippen molar-refractivity contribution in [3.05, 3.63) is 75.3 Å². The van der Waals surface area contributed by atoms with E-state index in [9.17, 15) is 24.5 Å². The van der Waals surface area contributed by atoms with E-state index in [1.165, 1.54) is 24.3 Å². The molecule has 0 unspecified atom stereocenters. The highest BCUT2D eigenvalue weighted by molar-refractivity contribution is 5.97. The van der Waals surface area contributed by atoms with Crippen molar-refractivity contribution < 1.29 is 24.0 Å². The van der Waals surface area contributed by atoms with E-state index >= 15 is 0 Å². The van der Waals surface area contributed by atoms with Crippen LogP contribution in [-0.4, -0.2) is 35.4 Å². The van der Waals surface area contributed by atoms with Crippen molar-refractivity contribution in [2.45, 2.75) is 51.5 Å². The number of esters is 1. The van der Waals surface area contributed by atoms with E-state index in [0.29, 0.717) is 11.1 Å². The van der Waals surface area contributed by atoms with Gasteiger partial charge in [0.05, 0.1) is 18.0 Å². The predicted molar refractivity (Wildman–Crippen MR) is 123 cm³/mol. The Morgan fingerprint density at radius 3 is 2.09 bits per heavy atom. The molecule has 0 radical (unpaired) electrons. The molecule has 2 rings (SSSR count). The minimum Gasteiger partial charge on any atom is -0.466 e. The quantitative estimate of drug-likeness (QED) is 0.338. The number of ether oxygens (including phenoxy) is 1. The van der Waals surface area contributed by atoms with Crippen LogP contribution in [-0.2, 0) is 19.7 Å².